The minimum absolute atomic E-state index is 0.244. The molecule has 0 heterocycles. The van der Waals surface area contributed by atoms with Gasteiger partial charge in [-0.15, -0.1) is 0 Å². The molecule has 0 aromatic rings. The number of hydrogen-bond acceptors (Lipinski definition) is 4. The SMILES string of the molecule is CC(=C=O)OC1(C#CC2(OC(C)=C=O)CCCCC2)CCCCC1. The van der Waals surface area contributed by atoms with Crippen LogP contribution in [0, 0.1) is 11.8 Å². The van der Waals surface area contributed by atoms with Crippen molar-refractivity contribution in [3.63, 3.8) is 0 Å². The largest absolute Gasteiger partial charge is 0.468 e. The van der Waals surface area contributed by atoms with Gasteiger partial charge in [0.2, 0.25) is 0 Å². The van der Waals surface area contributed by atoms with Crippen molar-refractivity contribution >= 4 is 11.9 Å². The van der Waals surface area contributed by atoms with Crippen LogP contribution in [-0.4, -0.2) is 23.1 Å². The third-order valence-electron chi connectivity index (χ3n) is 4.82. The number of ether oxygens (including phenoxy) is 2. The zero-order valence-corrected chi connectivity index (χ0v) is 14.7. The Morgan fingerprint density at radius 2 is 1.00 bits per heavy atom. The van der Waals surface area contributed by atoms with Gasteiger partial charge in [-0.3, -0.25) is 0 Å². The van der Waals surface area contributed by atoms with Crippen LogP contribution >= 0.6 is 0 Å². The first-order chi connectivity index (χ1) is 11.5. The zero-order chi connectivity index (χ0) is 17.5. The molecule has 2 rings (SSSR count). The molecule has 0 bridgehead atoms. The molecular weight excluding hydrogens is 304 g/mol. The van der Waals surface area contributed by atoms with Gasteiger partial charge < -0.3 is 9.47 Å². The van der Waals surface area contributed by atoms with Gasteiger partial charge >= 0.3 is 0 Å². The Labute approximate surface area is 144 Å². The van der Waals surface area contributed by atoms with Crippen molar-refractivity contribution in [2.24, 2.45) is 0 Å². The minimum Gasteiger partial charge on any atom is -0.468 e. The van der Waals surface area contributed by atoms with Crippen LogP contribution in [0.1, 0.15) is 78.1 Å². The normalized spacial score (nSPS) is 21.2. The first-order valence-electron chi connectivity index (χ1n) is 8.89. The lowest BCUT2D eigenvalue weighted by molar-refractivity contribution is 0.0147. The van der Waals surface area contributed by atoms with E-state index in [4.69, 9.17) is 9.47 Å². The molecule has 2 aliphatic carbocycles. The average molecular weight is 330 g/mol. The Hall–Kier alpha value is -1.94. The molecule has 0 atom stereocenters. The van der Waals surface area contributed by atoms with Crippen LogP contribution in [0.25, 0.3) is 0 Å². The molecule has 0 aliphatic heterocycles. The fourth-order valence-electron chi connectivity index (χ4n) is 3.61. The van der Waals surface area contributed by atoms with E-state index in [1.165, 1.54) is 0 Å². The fourth-order valence-corrected chi connectivity index (χ4v) is 3.61. The van der Waals surface area contributed by atoms with Crippen LogP contribution in [0.15, 0.2) is 11.5 Å². The molecule has 2 saturated carbocycles. The third kappa shape index (κ3) is 4.78. The molecule has 130 valence electrons. The third-order valence-corrected chi connectivity index (χ3v) is 4.82. The van der Waals surface area contributed by atoms with E-state index < -0.39 is 11.2 Å². The van der Waals surface area contributed by atoms with Gasteiger partial charge in [0.25, 0.3) is 0 Å². The summed E-state index contributed by atoms with van der Waals surface area (Å²) >= 11 is 0. The van der Waals surface area contributed by atoms with Crippen LogP contribution in [0.5, 0.6) is 0 Å². The topological polar surface area (TPSA) is 52.6 Å². The Morgan fingerprint density at radius 1 is 0.667 bits per heavy atom. The predicted octanol–water partition coefficient (Wildman–Crippen LogP) is 3.90. The standard InChI is InChI=1S/C20H26O4/c1-17(15-21)23-19(9-5-3-6-10-19)13-14-20(24-18(2)16-22)11-7-4-8-12-20/h3-12H2,1-2H3. The van der Waals surface area contributed by atoms with Crippen molar-refractivity contribution in [3.8, 4) is 11.8 Å². The molecule has 0 amide bonds. The van der Waals surface area contributed by atoms with Crippen molar-refractivity contribution in [2.45, 2.75) is 89.3 Å². The van der Waals surface area contributed by atoms with Gasteiger partial charge in [-0.2, -0.15) is 0 Å². The summed E-state index contributed by atoms with van der Waals surface area (Å²) in [7, 11) is 0. The summed E-state index contributed by atoms with van der Waals surface area (Å²) in [5.74, 6) is 10.7. The highest BCUT2D eigenvalue weighted by Crippen LogP contribution is 2.36. The summed E-state index contributed by atoms with van der Waals surface area (Å²) in [6, 6.07) is 0. The van der Waals surface area contributed by atoms with E-state index in [-0.39, 0.29) is 11.5 Å². The summed E-state index contributed by atoms with van der Waals surface area (Å²) in [5, 5.41) is 0. The number of allylic oxidation sites excluding steroid dienone is 2. The average Bonchev–Trinajstić information content (AvgIpc) is 2.61. The highest BCUT2D eigenvalue weighted by molar-refractivity contribution is 5.49. The second-order valence-corrected chi connectivity index (χ2v) is 6.88. The van der Waals surface area contributed by atoms with E-state index in [1.54, 1.807) is 13.8 Å². The van der Waals surface area contributed by atoms with Crippen LogP contribution in [-0.2, 0) is 19.1 Å². The van der Waals surface area contributed by atoms with E-state index in [9.17, 15) is 9.59 Å². The monoisotopic (exact) mass is 330 g/mol. The van der Waals surface area contributed by atoms with Crippen molar-refractivity contribution in [1.82, 2.24) is 0 Å². The minimum atomic E-state index is -0.633. The van der Waals surface area contributed by atoms with Gasteiger partial charge in [-0.25, -0.2) is 9.59 Å². The molecule has 0 saturated heterocycles. The molecule has 0 aromatic heterocycles. The maximum absolute atomic E-state index is 10.9. The van der Waals surface area contributed by atoms with E-state index in [0.717, 1.165) is 64.2 Å². The van der Waals surface area contributed by atoms with Crippen LogP contribution in [0.3, 0.4) is 0 Å². The van der Waals surface area contributed by atoms with Crippen molar-refractivity contribution < 1.29 is 19.1 Å². The van der Waals surface area contributed by atoms with Gasteiger partial charge in [-0.05, 0) is 51.4 Å². The first kappa shape index (κ1) is 18.4. The number of rotatable bonds is 4. The smallest absolute Gasteiger partial charge is 0.178 e. The van der Waals surface area contributed by atoms with Gasteiger partial charge in [-0.1, -0.05) is 24.7 Å². The summed E-state index contributed by atoms with van der Waals surface area (Å²) in [6.45, 7) is 3.24. The molecule has 0 N–H and O–H groups in total. The molecule has 4 nitrogen and oxygen atoms in total. The van der Waals surface area contributed by atoms with Gasteiger partial charge in [0, 0.05) is 13.8 Å². The second kappa shape index (κ2) is 8.25. The van der Waals surface area contributed by atoms with Gasteiger partial charge in [0.05, 0.1) is 0 Å². The molecule has 0 radical (unpaired) electrons. The summed E-state index contributed by atoms with van der Waals surface area (Å²) in [6.07, 6.45) is 9.65. The molecule has 24 heavy (non-hydrogen) atoms. The highest BCUT2D eigenvalue weighted by atomic mass is 16.5. The van der Waals surface area contributed by atoms with Gasteiger partial charge in [0.1, 0.15) is 0 Å². The van der Waals surface area contributed by atoms with Crippen LogP contribution in [0.4, 0.5) is 0 Å². The molecule has 2 fully saturated rings. The highest BCUT2D eigenvalue weighted by Gasteiger charge is 2.36. The maximum atomic E-state index is 10.9. The van der Waals surface area contributed by atoms with Crippen molar-refractivity contribution in [3.05, 3.63) is 11.5 Å². The molecular formula is C20H26O4. The van der Waals surface area contributed by atoms with Crippen LogP contribution in [0.2, 0.25) is 0 Å². The second-order valence-electron chi connectivity index (χ2n) is 6.88. The summed E-state index contributed by atoms with van der Waals surface area (Å²) in [4.78, 5) is 21.7. The lowest BCUT2D eigenvalue weighted by Crippen LogP contribution is -2.37. The quantitative estimate of drug-likeness (QED) is 0.446. The maximum Gasteiger partial charge on any atom is 0.178 e. The first-order valence-corrected chi connectivity index (χ1v) is 8.89. The van der Waals surface area contributed by atoms with Crippen LogP contribution < -0.4 is 0 Å². The van der Waals surface area contributed by atoms with E-state index in [2.05, 4.69) is 11.8 Å². The van der Waals surface area contributed by atoms with Crippen molar-refractivity contribution in [1.29, 1.82) is 0 Å². The fraction of sp³-hybridized carbons (Fsp3) is 0.700. The summed E-state index contributed by atoms with van der Waals surface area (Å²) < 4.78 is 11.8. The van der Waals surface area contributed by atoms with E-state index in [1.807, 2.05) is 11.9 Å². The number of hydrogen-bond donors (Lipinski definition) is 0. The Kier molecular flexibility index (Phi) is 6.32. The Balaban J connectivity index is 2.30. The van der Waals surface area contributed by atoms with Gasteiger partial charge in [0.15, 0.2) is 34.6 Å². The molecule has 0 unspecified atom stereocenters. The molecule has 0 aromatic carbocycles. The van der Waals surface area contributed by atoms with Crippen molar-refractivity contribution in [2.75, 3.05) is 0 Å². The Morgan fingerprint density at radius 3 is 1.29 bits per heavy atom. The summed E-state index contributed by atoms with van der Waals surface area (Å²) in [5.41, 5.74) is -1.27. The molecule has 4 heteroatoms. The van der Waals surface area contributed by atoms with E-state index in [0.29, 0.717) is 0 Å². The lowest BCUT2D eigenvalue weighted by atomic mass is 9.81. The molecule has 0 spiro atoms. The Bertz CT molecular complexity index is 545. The van der Waals surface area contributed by atoms with E-state index >= 15 is 0 Å². The molecule has 2 aliphatic rings. The number of carbonyl (C=O) groups excluding carboxylic acids is 2. The predicted molar refractivity (Wildman–Crippen MR) is 91.3 cm³/mol. The zero-order valence-electron chi connectivity index (χ0n) is 14.7. The lowest BCUT2D eigenvalue weighted by Gasteiger charge is -2.35.